The van der Waals surface area contributed by atoms with Crippen molar-refractivity contribution < 1.29 is 0 Å². The minimum Gasteiger partial charge on any atom is -0.0851 e. The lowest BCUT2D eigenvalue weighted by molar-refractivity contribution is 0.646. The van der Waals surface area contributed by atoms with Gasteiger partial charge < -0.3 is 0 Å². The van der Waals surface area contributed by atoms with Crippen molar-refractivity contribution in [3.63, 3.8) is 0 Å². The van der Waals surface area contributed by atoms with Gasteiger partial charge in [-0.15, -0.1) is 0 Å². The van der Waals surface area contributed by atoms with Gasteiger partial charge in [0, 0.05) is 0 Å². The molecule has 0 N–H and O–H groups in total. The summed E-state index contributed by atoms with van der Waals surface area (Å²) in [7, 11) is 0. The second-order valence-electron chi connectivity index (χ2n) is 4.47. The molecule has 2 saturated carbocycles. The summed E-state index contributed by atoms with van der Waals surface area (Å²) in [5.41, 5.74) is 0. The predicted molar refractivity (Wildman–Crippen MR) is 53.1 cm³/mol. The SMILES string of the molecule is C(=C\C1CCCC1)/C1CCCC1. The van der Waals surface area contributed by atoms with E-state index in [0.717, 1.165) is 11.8 Å². The second kappa shape index (κ2) is 4.11. The average Bonchev–Trinajstić information content (AvgIpc) is 2.74. The molecule has 0 amide bonds. The van der Waals surface area contributed by atoms with Crippen molar-refractivity contribution >= 4 is 0 Å². The Morgan fingerprint density at radius 3 is 1.25 bits per heavy atom. The molecule has 0 spiro atoms. The molecule has 2 fully saturated rings. The van der Waals surface area contributed by atoms with Crippen LogP contribution in [0.2, 0.25) is 0 Å². The zero-order valence-corrected chi connectivity index (χ0v) is 7.97. The second-order valence-corrected chi connectivity index (χ2v) is 4.47. The van der Waals surface area contributed by atoms with Gasteiger partial charge in [-0.25, -0.2) is 0 Å². The summed E-state index contributed by atoms with van der Waals surface area (Å²) in [6.07, 6.45) is 16.8. The average molecular weight is 164 g/mol. The van der Waals surface area contributed by atoms with Gasteiger partial charge in [0.2, 0.25) is 0 Å². The van der Waals surface area contributed by atoms with Gasteiger partial charge in [0.1, 0.15) is 0 Å². The minimum absolute atomic E-state index is 0.950. The molecule has 0 unspecified atom stereocenters. The molecule has 68 valence electrons. The zero-order chi connectivity index (χ0) is 8.23. The van der Waals surface area contributed by atoms with Crippen LogP contribution in [0.5, 0.6) is 0 Å². The monoisotopic (exact) mass is 164 g/mol. The van der Waals surface area contributed by atoms with E-state index in [1.54, 1.807) is 0 Å². The molecular formula is C12H20. The van der Waals surface area contributed by atoms with Crippen LogP contribution in [-0.4, -0.2) is 0 Å². The smallest absolute Gasteiger partial charge is 0.0233 e. The molecule has 0 saturated heterocycles. The van der Waals surface area contributed by atoms with Crippen LogP contribution in [0, 0.1) is 11.8 Å². The Bertz CT molecular complexity index is 127. The normalized spacial score (nSPS) is 27.7. The topological polar surface area (TPSA) is 0 Å². The molecule has 0 heterocycles. The van der Waals surface area contributed by atoms with Crippen molar-refractivity contribution in [2.24, 2.45) is 11.8 Å². The van der Waals surface area contributed by atoms with Gasteiger partial charge in [-0.3, -0.25) is 0 Å². The Morgan fingerprint density at radius 1 is 0.583 bits per heavy atom. The van der Waals surface area contributed by atoms with E-state index in [1.165, 1.54) is 51.4 Å². The Hall–Kier alpha value is -0.260. The van der Waals surface area contributed by atoms with Crippen molar-refractivity contribution in [3.8, 4) is 0 Å². The summed E-state index contributed by atoms with van der Waals surface area (Å²) >= 11 is 0. The molecule has 0 bridgehead atoms. The Balaban J connectivity index is 1.75. The Morgan fingerprint density at radius 2 is 0.917 bits per heavy atom. The first-order valence-electron chi connectivity index (χ1n) is 5.63. The fourth-order valence-electron chi connectivity index (χ4n) is 2.61. The molecule has 0 heteroatoms. The quantitative estimate of drug-likeness (QED) is 0.543. The van der Waals surface area contributed by atoms with E-state index in [4.69, 9.17) is 0 Å². The number of allylic oxidation sites excluding steroid dienone is 2. The van der Waals surface area contributed by atoms with Gasteiger partial charge in [-0.2, -0.15) is 0 Å². The predicted octanol–water partition coefficient (Wildman–Crippen LogP) is 3.92. The van der Waals surface area contributed by atoms with Crippen molar-refractivity contribution in [1.82, 2.24) is 0 Å². The highest BCUT2D eigenvalue weighted by Crippen LogP contribution is 2.29. The van der Waals surface area contributed by atoms with Crippen LogP contribution in [0.3, 0.4) is 0 Å². The number of hydrogen-bond donors (Lipinski definition) is 0. The first-order chi connectivity index (χ1) is 5.95. The van der Waals surface area contributed by atoms with Gasteiger partial charge in [-0.05, 0) is 37.5 Å². The molecule has 2 rings (SSSR count). The van der Waals surface area contributed by atoms with Crippen LogP contribution in [-0.2, 0) is 0 Å². The van der Waals surface area contributed by atoms with Crippen LogP contribution in [0.4, 0.5) is 0 Å². The van der Waals surface area contributed by atoms with E-state index in [2.05, 4.69) is 12.2 Å². The van der Waals surface area contributed by atoms with Crippen LogP contribution in [0.1, 0.15) is 51.4 Å². The molecule has 0 aromatic heterocycles. The lowest BCUT2D eigenvalue weighted by Gasteiger charge is -2.04. The summed E-state index contributed by atoms with van der Waals surface area (Å²) in [5, 5.41) is 0. The standard InChI is InChI=1S/C12H20/c1-2-6-11(5-1)9-10-12-7-3-4-8-12/h9-12H,1-8H2/b10-9+. The minimum atomic E-state index is 0.950. The summed E-state index contributed by atoms with van der Waals surface area (Å²) < 4.78 is 0. The van der Waals surface area contributed by atoms with Gasteiger partial charge >= 0.3 is 0 Å². The first-order valence-corrected chi connectivity index (χ1v) is 5.63. The summed E-state index contributed by atoms with van der Waals surface area (Å²) in [6.45, 7) is 0. The lowest BCUT2D eigenvalue weighted by atomic mass is 10.0. The van der Waals surface area contributed by atoms with Crippen molar-refractivity contribution in [3.05, 3.63) is 12.2 Å². The highest BCUT2D eigenvalue weighted by molar-refractivity contribution is 4.95. The summed E-state index contributed by atoms with van der Waals surface area (Å²) in [5.74, 6) is 1.90. The maximum absolute atomic E-state index is 2.52. The number of rotatable bonds is 2. The van der Waals surface area contributed by atoms with E-state index >= 15 is 0 Å². The third-order valence-electron chi connectivity index (χ3n) is 3.46. The maximum atomic E-state index is 2.52. The van der Waals surface area contributed by atoms with Gasteiger partial charge in [0.05, 0.1) is 0 Å². The van der Waals surface area contributed by atoms with E-state index in [1.807, 2.05) is 0 Å². The summed E-state index contributed by atoms with van der Waals surface area (Å²) in [6, 6.07) is 0. The molecule has 0 atom stereocenters. The highest BCUT2D eigenvalue weighted by atomic mass is 14.2. The largest absolute Gasteiger partial charge is 0.0851 e. The summed E-state index contributed by atoms with van der Waals surface area (Å²) in [4.78, 5) is 0. The van der Waals surface area contributed by atoms with E-state index in [9.17, 15) is 0 Å². The molecule has 0 aromatic rings. The van der Waals surface area contributed by atoms with E-state index < -0.39 is 0 Å². The van der Waals surface area contributed by atoms with Crippen molar-refractivity contribution in [2.75, 3.05) is 0 Å². The van der Waals surface area contributed by atoms with Crippen LogP contribution >= 0.6 is 0 Å². The lowest BCUT2D eigenvalue weighted by Crippen LogP contribution is -1.90. The molecule has 2 aliphatic rings. The molecule has 0 radical (unpaired) electrons. The third kappa shape index (κ3) is 2.12. The number of hydrogen-bond acceptors (Lipinski definition) is 0. The fraction of sp³-hybridized carbons (Fsp3) is 0.833. The molecule has 0 nitrogen and oxygen atoms in total. The Labute approximate surface area is 76.1 Å². The highest BCUT2D eigenvalue weighted by Gasteiger charge is 2.14. The van der Waals surface area contributed by atoms with Crippen LogP contribution in [0.15, 0.2) is 12.2 Å². The van der Waals surface area contributed by atoms with Crippen LogP contribution in [0.25, 0.3) is 0 Å². The molecule has 2 aliphatic carbocycles. The van der Waals surface area contributed by atoms with Crippen molar-refractivity contribution in [1.29, 1.82) is 0 Å². The van der Waals surface area contributed by atoms with E-state index in [0.29, 0.717) is 0 Å². The third-order valence-corrected chi connectivity index (χ3v) is 3.46. The fourth-order valence-corrected chi connectivity index (χ4v) is 2.61. The van der Waals surface area contributed by atoms with Crippen molar-refractivity contribution in [2.45, 2.75) is 51.4 Å². The Kier molecular flexibility index (Phi) is 2.86. The molecule has 12 heavy (non-hydrogen) atoms. The first kappa shape index (κ1) is 8.34. The van der Waals surface area contributed by atoms with Crippen LogP contribution < -0.4 is 0 Å². The molecular weight excluding hydrogens is 144 g/mol. The van der Waals surface area contributed by atoms with Gasteiger partial charge in [-0.1, -0.05) is 37.8 Å². The van der Waals surface area contributed by atoms with Gasteiger partial charge in [0.15, 0.2) is 0 Å². The van der Waals surface area contributed by atoms with E-state index in [-0.39, 0.29) is 0 Å². The van der Waals surface area contributed by atoms with Gasteiger partial charge in [0.25, 0.3) is 0 Å². The maximum Gasteiger partial charge on any atom is -0.0233 e. The molecule has 0 aromatic carbocycles. The molecule has 0 aliphatic heterocycles. The zero-order valence-electron chi connectivity index (χ0n) is 7.97.